The molecule has 4 atom stereocenters. The predicted octanol–water partition coefficient (Wildman–Crippen LogP) is 2.11. The molecule has 0 radical (unpaired) electrons. The van der Waals surface area contributed by atoms with Crippen LogP contribution >= 0.6 is 0 Å². The lowest BCUT2D eigenvalue weighted by Gasteiger charge is -2.35. The van der Waals surface area contributed by atoms with Crippen molar-refractivity contribution in [2.45, 2.75) is 38.7 Å². The Morgan fingerprint density at radius 2 is 2.23 bits per heavy atom. The van der Waals surface area contributed by atoms with Crippen molar-refractivity contribution in [3.05, 3.63) is 0 Å². The summed E-state index contributed by atoms with van der Waals surface area (Å²) in [5.74, 6) is 0.742. The third-order valence-corrected chi connectivity index (χ3v) is 5.38. The largest absolute Gasteiger partial charge is 0.359 e. The lowest BCUT2D eigenvalue weighted by Crippen LogP contribution is -2.41. The molecule has 0 aromatic rings. The molecule has 0 N–H and O–H groups in total. The summed E-state index contributed by atoms with van der Waals surface area (Å²) in [4.78, 5) is 0. The van der Waals surface area contributed by atoms with E-state index in [1.54, 1.807) is 0 Å². The minimum absolute atomic E-state index is 0.138. The Morgan fingerprint density at radius 1 is 1.46 bits per heavy atom. The Labute approximate surface area is 78.9 Å². The van der Waals surface area contributed by atoms with E-state index in [9.17, 15) is 5.26 Å². The highest BCUT2D eigenvalue weighted by atomic mass is 16.5. The first-order valence-electron chi connectivity index (χ1n) is 5.13. The molecule has 3 fully saturated rings. The van der Waals surface area contributed by atoms with Crippen molar-refractivity contribution in [2.75, 3.05) is 6.61 Å². The molecular formula is C11H15NO. The van der Waals surface area contributed by atoms with Gasteiger partial charge < -0.3 is 4.74 Å². The summed E-state index contributed by atoms with van der Waals surface area (Å²) in [6, 6.07) is 2.44. The number of rotatable bonds is 0. The highest BCUT2D eigenvalue weighted by molar-refractivity contribution is 5.30. The first-order chi connectivity index (χ1) is 6.08. The molecule has 0 aromatic heterocycles. The van der Waals surface area contributed by atoms with Gasteiger partial charge in [0.05, 0.1) is 12.7 Å². The van der Waals surface area contributed by atoms with Crippen LogP contribution in [0.15, 0.2) is 0 Å². The highest BCUT2D eigenvalue weighted by Gasteiger charge is 2.76. The van der Waals surface area contributed by atoms with Crippen LogP contribution in [0.4, 0.5) is 0 Å². The van der Waals surface area contributed by atoms with E-state index in [0.29, 0.717) is 5.41 Å². The molecule has 1 saturated heterocycles. The maximum absolute atomic E-state index is 9.27. The Hall–Kier alpha value is -0.550. The Balaban J connectivity index is 2.21. The SMILES string of the molecule is C[C@@]12CC[C@H]3C[C@@]1(C#N)OC[C@@]32C. The third kappa shape index (κ3) is 0.518. The molecule has 2 saturated carbocycles. The molecule has 3 aliphatic rings. The van der Waals surface area contributed by atoms with Crippen molar-refractivity contribution in [3.8, 4) is 6.07 Å². The quantitative estimate of drug-likeness (QED) is 0.567. The van der Waals surface area contributed by atoms with E-state index in [-0.39, 0.29) is 5.41 Å². The minimum atomic E-state index is -0.426. The molecule has 2 heteroatoms. The standard InChI is InChI=1S/C11H15NO/c1-9-7-13-11(6-12)5-8(9)3-4-10(9,11)2/h8H,3-5,7H2,1-2H3/t8-,9-,10-,11-/m0/s1. The van der Waals surface area contributed by atoms with Crippen LogP contribution in [0.2, 0.25) is 0 Å². The maximum Gasteiger partial charge on any atom is 0.160 e. The van der Waals surface area contributed by atoms with Gasteiger partial charge in [-0.25, -0.2) is 0 Å². The molecule has 2 aliphatic carbocycles. The van der Waals surface area contributed by atoms with Gasteiger partial charge in [0.1, 0.15) is 0 Å². The molecule has 13 heavy (non-hydrogen) atoms. The number of nitriles is 1. The van der Waals surface area contributed by atoms with Gasteiger partial charge in [-0.3, -0.25) is 0 Å². The monoisotopic (exact) mass is 177 g/mol. The Kier molecular flexibility index (Phi) is 1.07. The summed E-state index contributed by atoms with van der Waals surface area (Å²) in [6.45, 7) is 5.38. The first-order valence-corrected chi connectivity index (χ1v) is 5.13. The molecular weight excluding hydrogens is 162 g/mol. The summed E-state index contributed by atoms with van der Waals surface area (Å²) < 4.78 is 5.77. The van der Waals surface area contributed by atoms with Crippen molar-refractivity contribution >= 4 is 0 Å². The fourth-order valence-corrected chi connectivity index (χ4v) is 4.05. The smallest absolute Gasteiger partial charge is 0.160 e. The van der Waals surface area contributed by atoms with Crippen LogP contribution in [-0.2, 0) is 4.74 Å². The van der Waals surface area contributed by atoms with E-state index >= 15 is 0 Å². The van der Waals surface area contributed by atoms with Gasteiger partial charge in [-0.2, -0.15) is 5.26 Å². The molecule has 1 aliphatic heterocycles. The van der Waals surface area contributed by atoms with Gasteiger partial charge in [0.25, 0.3) is 0 Å². The Bertz CT molecular complexity index is 321. The van der Waals surface area contributed by atoms with Crippen LogP contribution in [0.25, 0.3) is 0 Å². The molecule has 0 spiro atoms. The number of hydrogen-bond donors (Lipinski definition) is 0. The zero-order chi connectivity index (χ0) is 9.32. The van der Waals surface area contributed by atoms with Crippen LogP contribution in [0.1, 0.15) is 33.1 Å². The summed E-state index contributed by atoms with van der Waals surface area (Å²) in [6.07, 6.45) is 3.47. The van der Waals surface area contributed by atoms with Gasteiger partial charge >= 0.3 is 0 Å². The normalized spacial score (nSPS) is 62.7. The third-order valence-electron chi connectivity index (χ3n) is 5.38. The lowest BCUT2D eigenvalue weighted by molar-refractivity contribution is -0.0414. The topological polar surface area (TPSA) is 33.0 Å². The molecule has 0 aromatic carbocycles. The second-order valence-corrected chi connectivity index (χ2v) is 5.42. The Morgan fingerprint density at radius 3 is 2.69 bits per heavy atom. The molecule has 1 heterocycles. The number of hydrogen-bond acceptors (Lipinski definition) is 2. The van der Waals surface area contributed by atoms with Gasteiger partial charge in [0.15, 0.2) is 5.60 Å². The van der Waals surface area contributed by atoms with E-state index in [4.69, 9.17) is 4.74 Å². The zero-order valence-electron chi connectivity index (χ0n) is 8.26. The average Bonchev–Trinajstić information content (AvgIpc) is 2.58. The van der Waals surface area contributed by atoms with Gasteiger partial charge in [-0.1, -0.05) is 13.8 Å². The van der Waals surface area contributed by atoms with E-state index in [0.717, 1.165) is 18.9 Å². The number of ether oxygens (including phenoxy) is 1. The van der Waals surface area contributed by atoms with Crippen molar-refractivity contribution in [2.24, 2.45) is 16.7 Å². The van der Waals surface area contributed by atoms with Gasteiger partial charge in [-0.15, -0.1) is 0 Å². The van der Waals surface area contributed by atoms with Crippen LogP contribution in [0.3, 0.4) is 0 Å². The van der Waals surface area contributed by atoms with E-state index in [1.807, 2.05) is 0 Å². The van der Waals surface area contributed by atoms with Crippen LogP contribution in [0.5, 0.6) is 0 Å². The number of nitrogens with zero attached hydrogens (tertiary/aromatic N) is 1. The second kappa shape index (κ2) is 1.79. The fourth-order valence-electron chi connectivity index (χ4n) is 4.05. The lowest BCUT2D eigenvalue weighted by atomic mass is 9.67. The minimum Gasteiger partial charge on any atom is -0.359 e. The maximum atomic E-state index is 9.27. The van der Waals surface area contributed by atoms with Crippen molar-refractivity contribution in [1.29, 1.82) is 5.26 Å². The highest BCUT2D eigenvalue weighted by Crippen LogP contribution is 2.74. The van der Waals surface area contributed by atoms with Crippen LogP contribution in [0, 0.1) is 28.1 Å². The molecule has 3 rings (SSSR count). The van der Waals surface area contributed by atoms with E-state index in [1.165, 1.54) is 12.8 Å². The average molecular weight is 177 g/mol. The summed E-state index contributed by atoms with van der Waals surface area (Å²) in [5.41, 5.74) is 0.00676. The van der Waals surface area contributed by atoms with Crippen molar-refractivity contribution in [3.63, 3.8) is 0 Å². The van der Waals surface area contributed by atoms with Crippen molar-refractivity contribution < 1.29 is 4.74 Å². The predicted molar refractivity (Wildman–Crippen MR) is 47.9 cm³/mol. The fraction of sp³-hybridized carbons (Fsp3) is 0.909. The van der Waals surface area contributed by atoms with E-state index in [2.05, 4.69) is 19.9 Å². The molecule has 0 unspecified atom stereocenters. The molecule has 70 valence electrons. The summed E-state index contributed by atoms with van der Waals surface area (Å²) >= 11 is 0. The van der Waals surface area contributed by atoms with Gasteiger partial charge in [0, 0.05) is 10.8 Å². The van der Waals surface area contributed by atoms with Gasteiger partial charge in [-0.05, 0) is 25.2 Å². The zero-order valence-corrected chi connectivity index (χ0v) is 8.26. The van der Waals surface area contributed by atoms with Crippen LogP contribution < -0.4 is 0 Å². The second-order valence-electron chi connectivity index (χ2n) is 5.42. The molecule has 2 nitrogen and oxygen atoms in total. The first kappa shape index (κ1) is 7.82. The summed E-state index contributed by atoms with van der Waals surface area (Å²) in [5, 5.41) is 9.27. The van der Waals surface area contributed by atoms with Crippen LogP contribution in [-0.4, -0.2) is 12.2 Å². The molecule has 0 amide bonds. The van der Waals surface area contributed by atoms with Gasteiger partial charge in [0.2, 0.25) is 0 Å². The van der Waals surface area contributed by atoms with E-state index < -0.39 is 5.60 Å². The van der Waals surface area contributed by atoms with Crippen molar-refractivity contribution in [1.82, 2.24) is 0 Å². The summed E-state index contributed by atoms with van der Waals surface area (Å²) in [7, 11) is 0. The molecule has 4 bridgehead atoms.